The van der Waals surface area contributed by atoms with Gasteiger partial charge in [0.05, 0.1) is 12.7 Å². The first-order valence-corrected chi connectivity index (χ1v) is 10.9. The topological polar surface area (TPSA) is 74.6 Å². The summed E-state index contributed by atoms with van der Waals surface area (Å²) in [7, 11) is 1.55. The summed E-state index contributed by atoms with van der Waals surface area (Å²) in [5.74, 6) is 0.767. The van der Waals surface area contributed by atoms with Gasteiger partial charge in [0, 0.05) is 24.5 Å². The number of ether oxygens (including phenoxy) is 2. The van der Waals surface area contributed by atoms with Crippen molar-refractivity contribution in [2.24, 2.45) is 0 Å². The molecule has 2 aromatic carbocycles. The lowest BCUT2D eigenvalue weighted by Gasteiger charge is -2.26. The first-order chi connectivity index (χ1) is 15.2. The minimum absolute atomic E-state index is 0. The van der Waals surface area contributed by atoms with Crippen LogP contribution >= 0.6 is 23.7 Å². The van der Waals surface area contributed by atoms with Crippen molar-refractivity contribution in [3.8, 4) is 17.6 Å². The van der Waals surface area contributed by atoms with Gasteiger partial charge in [-0.2, -0.15) is 5.26 Å². The van der Waals surface area contributed by atoms with E-state index < -0.39 is 0 Å². The molecule has 1 aliphatic rings. The van der Waals surface area contributed by atoms with E-state index >= 15 is 0 Å². The lowest BCUT2D eigenvalue weighted by molar-refractivity contribution is -0.118. The number of thiophene rings is 1. The summed E-state index contributed by atoms with van der Waals surface area (Å²) in [5.41, 5.74) is 2.90. The summed E-state index contributed by atoms with van der Waals surface area (Å²) in [6.07, 6.45) is 0.801. The van der Waals surface area contributed by atoms with E-state index in [0.29, 0.717) is 22.1 Å². The van der Waals surface area contributed by atoms with Crippen molar-refractivity contribution >= 4 is 34.7 Å². The number of rotatable bonds is 7. The number of halogens is 1. The summed E-state index contributed by atoms with van der Waals surface area (Å²) in [5, 5.41) is 13.2. The summed E-state index contributed by atoms with van der Waals surface area (Å²) in [6, 6.07) is 19.8. The summed E-state index contributed by atoms with van der Waals surface area (Å²) in [6.45, 7) is 2.37. The Kier molecular flexibility index (Phi) is 8.12. The van der Waals surface area contributed by atoms with Gasteiger partial charge in [0.15, 0.2) is 18.1 Å². The number of carbonyl (C=O) groups is 1. The zero-order valence-corrected chi connectivity index (χ0v) is 19.3. The second kappa shape index (κ2) is 11.0. The number of nitriles is 1. The van der Waals surface area contributed by atoms with Gasteiger partial charge in [0.2, 0.25) is 0 Å². The zero-order valence-electron chi connectivity index (χ0n) is 17.7. The molecule has 3 aromatic rings. The number of amides is 1. The van der Waals surface area contributed by atoms with Gasteiger partial charge < -0.3 is 14.8 Å². The number of nitrogens with one attached hydrogen (secondary N) is 1. The molecule has 8 heteroatoms. The molecule has 6 nitrogen and oxygen atoms in total. The van der Waals surface area contributed by atoms with Crippen LogP contribution in [0.15, 0.2) is 54.6 Å². The van der Waals surface area contributed by atoms with E-state index in [-0.39, 0.29) is 24.9 Å². The highest BCUT2D eigenvalue weighted by Crippen LogP contribution is 2.37. The lowest BCUT2D eigenvalue weighted by atomic mass is 10.0. The van der Waals surface area contributed by atoms with E-state index in [0.717, 1.165) is 36.5 Å². The molecule has 0 unspecified atom stereocenters. The normalized spacial score (nSPS) is 12.8. The predicted octanol–water partition coefficient (Wildman–Crippen LogP) is 4.63. The fraction of sp³-hybridized carbons (Fsp3) is 0.250. The second-order valence-corrected chi connectivity index (χ2v) is 8.36. The Morgan fingerprint density at radius 2 is 1.88 bits per heavy atom. The van der Waals surface area contributed by atoms with E-state index in [9.17, 15) is 10.1 Å². The molecule has 166 valence electrons. The van der Waals surface area contributed by atoms with Gasteiger partial charge in [-0.15, -0.1) is 23.7 Å². The van der Waals surface area contributed by atoms with Crippen molar-refractivity contribution in [1.29, 1.82) is 5.26 Å². The number of para-hydroxylation sites is 2. The molecule has 1 amide bonds. The number of anilines is 1. The summed E-state index contributed by atoms with van der Waals surface area (Å²) >= 11 is 1.48. The Morgan fingerprint density at radius 1 is 1.16 bits per heavy atom. The minimum Gasteiger partial charge on any atom is -0.493 e. The smallest absolute Gasteiger partial charge is 0.262 e. The first kappa shape index (κ1) is 23.6. The maximum atomic E-state index is 12.5. The Labute approximate surface area is 197 Å². The monoisotopic (exact) mass is 469 g/mol. The maximum absolute atomic E-state index is 12.5. The molecule has 1 aliphatic heterocycles. The Bertz CT molecular complexity index is 1110. The van der Waals surface area contributed by atoms with Crippen molar-refractivity contribution < 1.29 is 14.3 Å². The third-order valence-corrected chi connectivity index (χ3v) is 6.31. The van der Waals surface area contributed by atoms with Crippen LogP contribution in [0.5, 0.6) is 11.5 Å². The average Bonchev–Trinajstić information content (AvgIpc) is 3.14. The van der Waals surface area contributed by atoms with Crippen LogP contribution in [0.1, 0.15) is 21.6 Å². The van der Waals surface area contributed by atoms with Crippen LogP contribution in [0.25, 0.3) is 0 Å². The Balaban J connectivity index is 0.00000289. The number of carbonyl (C=O) groups excluding carboxylic acids is 1. The van der Waals surface area contributed by atoms with Crippen molar-refractivity contribution in [2.75, 3.05) is 25.6 Å². The van der Waals surface area contributed by atoms with Crippen molar-refractivity contribution in [2.45, 2.75) is 19.5 Å². The fourth-order valence-corrected chi connectivity index (χ4v) is 4.94. The highest BCUT2D eigenvalue weighted by molar-refractivity contribution is 7.16. The largest absolute Gasteiger partial charge is 0.493 e. The maximum Gasteiger partial charge on any atom is 0.262 e. The van der Waals surface area contributed by atoms with Gasteiger partial charge in [-0.3, -0.25) is 9.69 Å². The number of nitrogens with zero attached hydrogens (tertiary/aromatic N) is 2. The third-order valence-electron chi connectivity index (χ3n) is 5.18. The Hall–Kier alpha value is -3.05. The van der Waals surface area contributed by atoms with Crippen molar-refractivity contribution in [3.05, 3.63) is 76.2 Å². The molecule has 0 fully saturated rings. The van der Waals surface area contributed by atoms with E-state index in [1.165, 1.54) is 16.9 Å². The molecule has 1 N–H and O–H groups in total. The Morgan fingerprint density at radius 3 is 2.59 bits per heavy atom. The quantitative estimate of drug-likeness (QED) is 0.546. The SMILES string of the molecule is COc1ccccc1OCC(=O)Nc1sc2c(c1C#N)CCN(Cc1ccccc1)C2.Cl. The highest BCUT2D eigenvalue weighted by Gasteiger charge is 2.25. The molecule has 0 saturated carbocycles. The van der Waals surface area contributed by atoms with Crippen LogP contribution in [-0.4, -0.2) is 31.1 Å². The first-order valence-electron chi connectivity index (χ1n) is 10.0. The van der Waals surface area contributed by atoms with E-state index in [2.05, 4.69) is 28.4 Å². The standard InChI is InChI=1S/C24H23N3O3S.ClH/c1-29-20-9-5-6-10-21(20)30-16-23(28)26-24-19(13-25)18-11-12-27(15-22(18)31-24)14-17-7-3-2-4-8-17;/h2-10H,11-12,14-16H2,1H3,(H,26,28);1H. The van der Waals surface area contributed by atoms with Crippen LogP contribution in [0.4, 0.5) is 5.00 Å². The fourth-order valence-electron chi connectivity index (χ4n) is 3.68. The van der Waals surface area contributed by atoms with E-state index in [1.807, 2.05) is 30.3 Å². The van der Waals surface area contributed by atoms with Crippen LogP contribution in [-0.2, 0) is 24.3 Å². The number of hydrogen-bond donors (Lipinski definition) is 1. The minimum atomic E-state index is -0.304. The number of hydrogen-bond acceptors (Lipinski definition) is 6. The summed E-state index contributed by atoms with van der Waals surface area (Å²) < 4.78 is 10.8. The zero-order chi connectivity index (χ0) is 21.6. The average molecular weight is 470 g/mol. The molecule has 0 radical (unpaired) electrons. The van der Waals surface area contributed by atoms with Gasteiger partial charge in [0.25, 0.3) is 5.91 Å². The van der Waals surface area contributed by atoms with Gasteiger partial charge in [-0.25, -0.2) is 0 Å². The van der Waals surface area contributed by atoms with Gasteiger partial charge in [-0.05, 0) is 29.7 Å². The second-order valence-electron chi connectivity index (χ2n) is 7.25. The van der Waals surface area contributed by atoms with Gasteiger partial charge in [-0.1, -0.05) is 42.5 Å². The van der Waals surface area contributed by atoms with E-state index in [1.54, 1.807) is 19.2 Å². The number of methoxy groups -OCH3 is 1. The molecular formula is C24H24ClN3O3S. The third kappa shape index (κ3) is 5.40. The molecule has 0 bridgehead atoms. The van der Waals surface area contributed by atoms with Gasteiger partial charge >= 0.3 is 0 Å². The molecule has 4 rings (SSSR count). The number of fused-ring (bicyclic) bond motifs is 1. The molecular weight excluding hydrogens is 446 g/mol. The molecule has 0 aliphatic carbocycles. The molecule has 0 atom stereocenters. The number of benzene rings is 2. The highest BCUT2D eigenvalue weighted by atomic mass is 35.5. The molecule has 32 heavy (non-hydrogen) atoms. The molecule has 2 heterocycles. The van der Waals surface area contributed by atoms with Crippen LogP contribution in [0, 0.1) is 11.3 Å². The van der Waals surface area contributed by atoms with Crippen molar-refractivity contribution in [3.63, 3.8) is 0 Å². The van der Waals surface area contributed by atoms with E-state index in [4.69, 9.17) is 9.47 Å². The van der Waals surface area contributed by atoms with Crippen LogP contribution < -0.4 is 14.8 Å². The lowest BCUT2D eigenvalue weighted by Crippen LogP contribution is -2.29. The van der Waals surface area contributed by atoms with Crippen LogP contribution in [0.2, 0.25) is 0 Å². The summed E-state index contributed by atoms with van der Waals surface area (Å²) in [4.78, 5) is 16.0. The van der Waals surface area contributed by atoms with Crippen LogP contribution in [0.3, 0.4) is 0 Å². The predicted molar refractivity (Wildman–Crippen MR) is 128 cm³/mol. The molecule has 0 saturated heterocycles. The molecule has 1 aromatic heterocycles. The molecule has 0 spiro atoms. The van der Waals surface area contributed by atoms with Gasteiger partial charge in [0.1, 0.15) is 11.1 Å². The van der Waals surface area contributed by atoms with Crippen molar-refractivity contribution in [1.82, 2.24) is 4.90 Å².